The van der Waals surface area contributed by atoms with Crippen molar-refractivity contribution in [2.24, 2.45) is 0 Å². The molecule has 4 nitrogen and oxygen atoms in total. The Hall–Kier alpha value is -1.39. The number of hydrogen-bond donors (Lipinski definition) is 1. The fourth-order valence-electron chi connectivity index (χ4n) is 2.80. The summed E-state index contributed by atoms with van der Waals surface area (Å²) in [5.74, 6) is 2.00. The van der Waals surface area contributed by atoms with Crippen molar-refractivity contribution < 1.29 is 0 Å². The quantitative estimate of drug-likeness (QED) is 0.889. The average molecular weight is 305 g/mol. The number of aromatic nitrogens is 3. The van der Waals surface area contributed by atoms with Gasteiger partial charge in [0, 0.05) is 17.1 Å². The van der Waals surface area contributed by atoms with Crippen molar-refractivity contribution in [1.82, 2.24) is 20.1 Å². The van der Waals surface area contributed by atoms with Crippen molar-refractivity contribution in [2.45, 2.75) is 51.7 Å². The van der Waals surface area contributed by atoms with Gasteiger partial charge in [-0.1, -0.05) is 30.7 Å². The molecule has 1 aliphatic rings. The van der Waals surface area contributed by atoms with Crippen LogP contribution in [0.25, 0.3) is 0 Å². The number of rotatable bonds is 6. The van der Waals surface area contributed by atoms with E-state index in [2.05, 4.69) is 39.1 Å². The molecule has 3 rings (SSSR count). The monoisotopic (exact) mass is 304 g/mol. The Bertz CT molecular complexity index is 631. The van der Waals surface area contributed by atoms with Gasteiger partial charge in [0.25, 0.3) is 0 Å². The third-order valence-corrected chi connectivity index (χ3v) is 4.41. The number of hydrogen-bond acceptors (Lipinski definition) is 3. The van der Waals surface area contributed by atoms with E-state index in [9.17, 15) is 0 Å². The van der Waals surface area contributed by atoms with Gasteiger partial charge in [-0.15, -0.1) is 10.2 Å². The van der Waals surface area contributed by atoms with Crippen LogP contribution in [0.5, 0.6) is 0 Å². The molecule has 0 amide bonds. The number of benzene rings is 1. The number of aryl methyl sites for hydroxylation is 1. The first-order valence-corrected chi connectivity index (χ1v) is 7.92. The molecule has 1 N–H and O–H groups in total. The Labute approximate surface area is 130 Å². The molecular weight excluding hydrogens is 284 g/mol. The Kier molecular flexibility index (Phi) is 4.00. The molecule has 1 saturated carbocycles. The van der Waals surface area contributed by atoms with E-state index in [1.807, 2.05) is 19.1 Å². The lowest BCUT2D eigenvalue weighted by atomic mass is 10.1. The summed E-state index contributed by atoms with van der Waals surface area (Å²) in [6.45, 7) is 5.90. The summed E-state index contributed by atoms with van der Waals surface area (Å²) in [5, 5.41) is 13.0. The third kappa shape index (κ3) is 2.97. The molecule has 0 atom stereocenters. The van der Waals surface area contributed by atoms with Gasteiger partial charge in [-0.05, 0) is 43.9 Å². The Morgan fingerprint density at radius 1 is 1.33 bits per heavy atom. The fourth-order valence-corrected chi connectivity index (χ4v) is 2.99. The van der Waals surface area contributed by atoms with Crippen LogP contribution in [0.4, 0.5) is 0 Å². The summed E-state index contributed by atoms with van der Waals surface area (Å²) in [5.41, 5.74) is 1.34. The average Bonchev–Trinajstić information content (AvgIpc) is 3.19. The van der Waals surface area contributed by atoms with Crippen molar-refractivity contribution in [2.75, 3.05) is 0 Å². The standard InChI is InChI=1S/C16H21ClN4/c1-3-9-21-12(2)19-20-15(21)11-18-16(7-8-16)13-5-4-6-14(17)10-13/h4-6,10,18H,3,7-9,11H2,1-2H3. The predicted molar refractivity (Wildman–Crippen MR) is 84.3 cm³/mol. The molecule has 1 aromatic carbocycles. The summed E-state index contributed by atoms with van der Waals surface area (Å²) < 4.78 is 2.20. The van der Waals surface area contributed by atoms with Crippen LogP contribution >= 0.6 is 11.6 Å². The molecule has 112 valence electrons. The summed E-state index contributed by atoms with van der Waals surface area (Å²) in [4.78, 5) is 0. The molecule has 1 fully saturated rings. The molecule has 1 aliphatic carbocycles. The highest BCUT2D eigenvalue weighted by molar-refractivity contribution is 6.30. The minimum absolute atomic E-state index is 0.0712. The normalized spacial score (nSPS) is 16.1. The van der Waals surface area contributed by atoms with E-state index in [0.717, 1.165) is 49.0 Å². The van der Waals surface area contributed by atoms with Crippen LogP contribution in [0.2, 0.25) is 5.02 Å². The summed E-state index contributed by atoms with van der Waals surface area (Å²) in [6, 6.07) is 8.14. The molecule has 0 unspecified atom stereocenters. The predicted octanol–water partition coefficient (Wildman–Crippen LogP) is 3.43. The van der Waals surface area contributed by atoms with Crippen LogP contribution < -0.4 is 5.32 Å². The van der Waals surface area contributed by atoms with E-state index >= 15 is 0 Å². The lowest BCUT2D eigenvalue weighted by molar-refractivity contribution is 0.488. The first kappa shape index (κ1) is 14.5. The van der Waals surface area contributed by atoms with Crippen molar-refractivity contribution in [3.8, 4) is 0 Å². The highest BCUT2D eigenvalue weighted by Gasteiger charge is 2.44. The van der Waals surface area contributed by atoms with Gasteiger partial charge in [-0.3, -0.25) is 0 Å². The van der Waals surface area contributed by atoms with Gasteiger partial charge in [-0.2, -0.15) is 0 Å². The zero-order chi connectivity index (χ0) is 14.9. The molecule has 1 heterocycles. The van der Waals surface area contributed by atoms with E-state index in [1.165, 1.54) is 5.56 Å². The van der Waals surface area contributed by atoms with Crippen molar-refractivity contribution in [3.05, 3.63) is 46.5 Å². The molecule has 0 saturated heterocycles. The summed E-state index contributed by atoms with van der Waals surface area (Å²) in [7, 11) is 0. The minimum Gasteiger partial charge on any atom is -0.314 e. The number of nitrogens with zero attached hydrogens (tertiary/aromatic N) is 3. The second-order valence-electron chi connectivity index (χ2n) is 5.76. The van der Waals surface area contributed by atoms with Crippen molar-refractivity contribution >= 4 is 11.6 Å². The maximum absolute atomic E-state index is 6.11. The first-order chi connectivity index (χ1) is 10.1. The van der Waals surface area contributed by atoms with Gasteiger partial charge in [0.2, 0.25) is 0 Å². The van der Waals surface area contributed by atoms with Crippen molar-refractivity contribution in [1.29, 1.82) is 0 Å². The zero-order valence-corrected chi connectivity index (χ0v) is 13.3. The maximum atomic E-state index is 6.11. The highest BCUT2D eigenvalue weighted by atomic mass is 35.5. The van der Waals surface area contributed by atoms with E-state index in [-0.39, 0.29) is 5.54 Å². The smallest absolute Gasteiger partial charge is 0.147 e. The Balaban J connectivity index is 1.73. The molecule has 2 aromatic rings. The van der Waals surface area contributed by atoms with E-state index in [0.29, 0.717) is 0 Å². The minimum atomic E-state index is 0.0712. The van der Waals surface area contributed by atoms with Crippen molar-refractivity contribution in [3.63, 3.8) is 0 Å². The number of halogens is 1. The molecule has 1 aromatic heterocycles. The SMILES string of the molecule is CCCn1c(C)nnc1CNC1(c2cccc(Cl)c2)CC1. The zero-order valence-electron chi connectivity index (χ0n) is 12.6. The van der Waals surface area contributed by atoms with Crippen LogP contribution in [0.15, 0.2) is 24.3 Å². The lowest BCUT2D eigenvalue weighted by Gasteiger charge is -2.18. The Morgan fingerprint density at radius 3 is 2.81 bits per heavy atom. The highest BCUT2D eigenvalue weighted by Crippen LogP contribution is 2.46. The fraction of sp³-hybridized carbons (Fsp3) is 0.500. The topological polar surface area (TPSA) is 42.7 Å². The van der Waals surface area contributed by atoms with Crippen LogP contribution in [-0.2, 0) is 18.6 Å². The van der Waals surface area contributed by atoms with Crippen LogP contribution in [0, 0.1) is 6.92 Å². The summed E-state index contributed by atoms with van der Waals surface area (Å²) >= 11 is 6.11. The summed E-state index contributed by atoms with van der Waals surface area (Å²) in [6.07, 6.45) is 3.38. The third-order valence-electron chi connectivity index (χ3n) is 4.17. The van der Waals surface area contributed by atoms with Gasteiger partial charge < -0.3 is 9.88 Å². The van der Waals surface area contributed by atoms with Gasteiger partial charge in [0.15, 0.2) is 0 Å². The lowest BCUT2D eigenvalue weighted by Crippen LogP contribution is -2.29. The van der Waals surface area contributed by atoms with Crippen LogP contribution in [0.1, 0.15) is 43.4 Å². The van der Waals surface area contributed by atoms with Gasteiger partial charge in [0.1, 0.15) is 11.6 Å². The molecule has 21 heavy (non-hydrogen) atoms. The second kappa shape index (κ2) is 5.78. The first-order valence-electron chi connectivity index (χ1n) is 7.54. The van der Waals surface area contributed by atoms with Gasteiger partial charge >= 0.3 is 0 Å². The molecule has 0 bridgehead atoms. The number of nitrogens with one attached hydrogen (secondary N) is 1. The van der Waals surface area contributed by atoms with Crippen LogP contribution in [0.3, 0.4) is 0 Å². The molecule has 0 aliphatic heterocycles. The maximum Gasteiger partial charge on any atom is 0.147 e. The van der Waals surface area contributed by atoms with E-state index < -0.39 is 0 Å². The molecule has 0 radical (unpaired) electrons. The Morgan fingerprint density at radius 2 is 2.14 bits per heavy atom. The molecule has 5 heteroatoms. The van der Waals surface area contributed by atoms with E-state index in [4.69, 9.17) is 11.6 Å². The van der Waals surface area contributed by atoms with Gasteiger partial charge in [0.05, 0.1) is 6.54 Å². The largest absolute Gasteiger partial charge is 0.314 e. The van der Waals surface area contributed by atoms with Gasteiger partial charge in [-0.25, -0.2) is 0 Å². The van der Waals surface area contributed by atoms with E-state index in [1.54, 1.807) is 0 Å². The van der Waals surface area contributed by atoms with Crippen LogP contribution in [-0.4, -0.2) is 14.8 Å². The second-order valence-corrected chi connectivity index (χ2v) is 6.20. The molecule has 0 spiro atoms. The molecular formula is C16H21ClN4.